The zero-order valence-corrected chi connectivity index (χ0v) is 18.1. The maximum absolute atomic E-state index is 13.5. The lowest BCUT2D eigenvalue weighted by Gasteiger charge is -2.31. The van der Waals surface area contributed by atoms with Gasteiger partial charge >= 0.3 is 5.69 Å². The number of carbonyl (C=O) groups is 1. The minimum Gasteiger partial charge on any atom is -0.341 e. The first kappa shape index (κ1) is 21.0. The smallest absolute Gasteiger partial charge is 0.341 e. The molecule has 1 aliphatic rings. The highest BCUT2D eigenvalue weighted by atomic mass is 19.1. The Kier molecular flexibility index (Phi) is 5.49. The van der Waals surface area contributed by atoms with Crippen molar-refractivity contribution in [1.29, 1.82) is 0 Å². The molecule has 1 amide bonds. The molecule has 0 unspecified atom stereocenters. The summed E-state index contributed by atoms with van der Waals surface area (Å²) in [5, 5.41) is 8.31. The van der Waals surface area contributed by atoms with Crippen molar-refractivity contribution >= 4 is 11.6 Å². The van der Waals surface area contributed by atoms with Crippen LogP contribution in [0.4, 0.5) is 4.39 Å². The van der Waals surface area contributed by atoms with Gasteiger partial charge < -0.3 is 9.42 Å². The highest BCUT2D eigenvalue weighted by Crippen LogP contribution is 2.25. The summed E-state index contributed by atoms with van der Waals surface area (Å²) in [4.78, 5) is 31.8. The third-order valence-electron chi connectivity index (χ3n) is 6.15. The van der Waals surface area contributed by atoms with Gasteiger partial charge in [-0.2, -0.15) is 4.98 Å². The van der Waals surface area contributed by atoms with Gasteiger partial charge in [0.2, 0.25) is 11.7 Å². The minimum absolute atomic E-state index is 0.141. The molecule has 170 valence electrons. The third kappa shape index (κ3) is 4.04. The normalized spacial score (nSPS) is 14.6. The van der Waals surface area contributed by atoms with Crippen LogP contribution in [0.2, 0.25) is 0 Å². The van der Waals surface area contributed by atoms with Crippen molar-refractivity contribution in [2.45, 2.75) is 44.7 Å². The number of amides is 1. The van der Waals surface area contributed by atoms with Crippen LogP contribution in [0.25, 0.3) is 28.5 Å². The monoisotopic (exact) mass is 450 g/mol. The number of fused-ring (bicyclic) bond motifs is 1. The molecule has 0 bridgehead atoms. The predicted molar refractivity (Wildman–Crippen MR) is 118 cm³/mol. The number of carbonyl (C=O) groups excluding carboxylic acids is 1. The van der Waals surface area contributed by atoms with Crippen molar-refractivity contribution < 1.29 is 13.7 Å². The molecule has 0 aliphatic heterocycles. The number of pyridine rings is 1. The first-order chi connectivity index (χ1) is 16.0. The van der Waals surface area contributed by atoms with Gasteiger partial charge in [-0.1, -0.05) is 36.6 Å². The Morgan fingerprint density at radius 2 is 2.03 bits per heavy atom. The van der Waals surface area contributed by atoms with E-state index in [1.807, 2.05) is 0 Å². The number of hydrogen-bond donors (Lipinski definition) is 0. The number of halogens is 1. The van der Waals surface area contributed by atoms with Gasteiger partial charge in [-0.25, -0.2) is 18.3 Å². The zero-order chi connectivity index (χ0) is 22.9. The van der Waals surface area contributed by atoms with E-state index >= 15 is 0 Å². The second-order valence-electron chi connectivity index (χ2n) is 8.29. The Morgan fingerprint density at radius 1 is 1.21 bits per heavy atom. The highest BCUT2D eigenvalue weighted by Gasteiger charge is 2.24. The van der Waals surface area contributed by atoms with Crippen LogP contribution >= 0.6 is 0 Å². The van der Waals surface area contributed by atoms with Crippen LogP contribution in [0.3, 0.4) is 0 Å². The number of rotatable bonds is 5. The zero-order valence-electron chi connectivity index (χ0n) is 18.1. The average molecular weight is 450 g/mol. The molecular weight excluding hydrogens is 427 g/mol. The van der Waals surface area contributed by atoms with Crippen molar-refractivity contribution in [2.24, 2.45) is 0 Å². The summed E-state index contributed by atoms with van der Waals surface area (Å²) in [6.45, 7) is -0.147. The summed E-state index contributed by atoms with van der Waals surface area (Å²) in [5.74, 6) is -0.200. The molecule has 4 aromatic rings. The van der Waals surface area contributed by atoms with Crippen LogP contribution in [-0.2, 0) is 11.3 Å². The van der Waals surface area contributed by atoms with Gasteiger partial charge in [-0.15, -0.1) is 5.10 Å². The van der Waals surface area contributed by atoms with Crippen molar-refractivity contribution in [2.75, 3.05) is 7.05 Å². The molecule has 1 fully saturated rings. The van der Waals surface area contributed by atoms with Gasteiger partial charge in [-0.3, -0.25) is 4.79 Å². The molecule has 1 aliphatic carbocycles. The second-order valence-corrected chi connectivity index (χ2v) is 8.29. The van der Waals surface area contributed by atoms with E-state index in [1.165, 1.54) is 23.0 Å². The number of aromatic nitrogens is 5. The lowest BCUT2D eigenvalue weighted by Crippen LogP contribution is -2.41. The van der Waals surface area contributed by atoms with E-state index in [-0.39, 0.29) is 30.2 Å². The Hall–Kier alpha value is -3.82. The quantitative estimate of drug-likeness (QED) is 0.463. The molecule has 1 saturated carbocycles. The summed E-state index contributed by atoms with van der Waals surface area (Å²) in [6.07, 6.45) is 6.96. The maximum atomic E-state index is 13.5. The lowest BCUT2D eigenvalue weighted by molar-refractivity contribution is -0.133. The van der Waals surface area contributed by atoms with Crippen LogP contribution in [0, 0.1) is 5.82 Å². The molecule has 0 radical (unpaired) electrons. The fraction of sp³-hybridized carbons (Fsp3) is 0.348. The molecule has 5 rings (SSSR count). The van der Waals surface area contributed by atoms with Crippen LogP contribution in [0.5, 0.6) is 0 Å². The summed E-state index contributed by atoms with van der Waals surface area (Å²) in [6, 6.07) is 9.44. The molecular formula is C23H23FN6O3. The fourth-order valence-electron chi connectivity index (χ4n) is 4.30. The molecule has 10 heteroatoms. The second kappa shape index (κ2) is 8.61. The van der Waals surface area contributed by atoms with E-state index in [9.17, 15) is 14.0 Å². The molecule has 1 aromatic carbocycles. The van der Waals surface area contributed by atoms with Gasteiger partial charge in [0.15, 0.2) is 5.65 Å². The van der Waals surface area contributed by atoms with Crippen molar-refractivity contribution in [3.05, 3.63) is 58.9 Å². The summed E-state index contributed by atoms with van der Waals surface area (Å²) < 4.78 is 21.4. The molecule has 0 spiro atoms. The van der Waals surface area contributed by atoms with E-state index in [4.69, 9.17) is 4.52 Å². The number of benzene rings is 1. The molecule has 33 heavy (non-hydrogen) atoms. The molecule has 0 atom stereocenters. The van der Waals surface area contributed by atoms with Gasteiger partial charge in [0, 0.05) is 24.8 Å². The average Bonchev–Trinajstić information content (AvgIpc) is 3.45. The van der Waals surface area contributed by atoms with Gasteiger partial charge in [-0.05, 0) is 37.1 Å². The number of nitrogens with zero attached hydrogens (tertiary/aromatic N) is 6. The van der Waals surface area contributed by atoms with Crippen molar-refractivity contribution in [3.8, 4) is 22.8 Å². The van der Waals surface area contributed by atoms with Crippen LogP contribution < -0.4 is 5.69 Å². The summed E-state index contributed by atoms with van der Waals surface area (Å²) in [5.41, 5.74) is 0.778. The highest BCUT2D eigenvalue weighted by molar-refractivity contribution is 5.76. The molecule has 3 aromatic heterocycles. The van der Waals surface area contributed by atoms with E-state index < -0.39 is 11.5 Å². The summed E-state index contributed by atoms with van der Waals surface area (Å²) in [7, 11) is 1.79. The topological polar surface area (TPSA) is 98.5 Å². The number of hydrogen-bond acceptors (Lipinski definition) is 6. The third-order valence-corrected chi connectivity index (χ3v) is 6.15. The maximum Gasteiger partial charge on any atom is 0.350 e. The van der Waals surface area contributed by atoms with E-state index in [2.05, 4.69) is 15.2 Å². The molecule has 0 saturated heterocycles. The van der Waals surface area contributed by atoms with E-state index in [1.54, 1.807) is 42.4 Å². The van der Waals surface area contributed by atoms with Gasteiger partial charge in [0.25, 0.3) is 5.89 Å². The van der Waals surface area contributed by atoms with Crippen molar-refractivity contribution in [3.63, 3.8) is 0 Å². The standard InChI is InChI=1S/C23H23FN6O3/c1-28(17-9-3-2-4-10-17)19(31)14-30-23(32)29-12-6-11-18(21(29)26-30)22-25-20(27-33-22)15-7-5-8-16(24)13-15/h5-8,11-13,17H,2-4,9-10,14H2,1H3. The van der Waals surface area contributed by atoms with Crippen molar-refractivity contribution in [1.82, 2.24) is 29.2 Å². The van der Waals surface area contributed by atoms with Crippen LogP contribution in [0.1, 0.15) is 32.1 Å². The van der Waals surface area contributed by atoms with Crippen LogP contribution in [-0.4, -0.2) is 48.2 Å². The predicted octanol–water partition coefficient (Wildman–Crippen LogP) is 3.14. The Balaban J connectivity index is 1.45. The first-order valence-corrected chi connectivity index (χ1v) is 10.9. The Labute approximate surface area is 188 Å². The van der Waals surface area contributed by atoms with Gasteiger partial charge in [0.05, 0.1) is 5.56 Å². The molecule has 9 nitrogen and oxygen atoms in total. The SMILES string of the molecule is CN(C(=O)Cn1nc2c(-c3nc(-c4cccc(F)c4)no3)cccn2c1=O)C1CCCCC1. The molecule has 0 N–H and O–H groups in total. The Morgan fingerprint density at radius 3 is 2.82 bits per heavy atom. The fourth-order valence-corrected chi connectivity index (χ4v) is 4.30. The summed E-state index contributed by atoms with van der Waals surface area (Å²) >= 11 is 0. The van der Waals surface area contributed by atoms with E-state index in [0.29, 0.717) is 16.8 Å². The van der Waals surface area contributed by atoms with E-state index in [0.717, 1.165) is 30.4 Å². The van der Waals surface area contributed by atoms with Crippen LogP contribution in [0.15, 0.2) is 51.9 Å². The number of likely N-dealkylation sites (N-methyl/N-ethyl adjacent to an activating group) is 1. The Bertz CT molecular complexity index is 1370. The minimum atomic E-state index is -0.429. The first-order valence-electron chi connectivity index (χ1n) is 10.9. The molecule has 3 heterocycles. The lowest BCUT2D eigenvalue weighted by atomic mass is 9.94. The largest absolute Gasteiger partial charge is 0.350 e. The van der Waals surface area contributed by atoms with Gasteiger partial charge in [0.1, 0.15) is 12.4 Å².